The Bertz CT molecular complexity index is 1390. The molecule has 0 N–H and O–H groups in total. The number of carbonyl (C=O) groups excluding carboxylic acids is 2. The summed E-state index contributed by atoms with van der Waals surface area (Å²) in [6.45, 7) is 4.41. The van der Waals surface area contributed by atoms with E-state index in [-0.39, 0.29) is 23.8 Å². The molecule has 208 valence electrons. The minimum atomic E-state index is -0.00917. The third-order valence-electron chi connectivity index (χ3n) is 8.59. The standard InChI is InChI=1S/C36H37N3O2/c40-35(32-18-16-29(17-19-32)28-10-4-1-5-11-28)38-22-20-33(21-23-38)36(41)39-26-24-37(25-27-39)34(30-12-6-2-7-13-30)31-14-8-3-9-15-31/h1-19,33-34H,20-27H2. The van der Waals surface area contributed by atoms with Crippen LogP contribution in [0.2, 0.25) is 0 Å². The lowest BCUT2D eigenvalue weighted by molar-refractivity contribution is -0.139. The Hall–Kier alpha value is -4.22. The SMILES string of the molecule is O=C(c1ccc(-c2ccccc2)cc1)N1CCC(C(=O)N2CCN(C(c3ccccc3)c3ccccc3)CC2)CC1. The lowest BCUT2D eigenvalue weighted by atomic mass is 9.93. The van der Waals surface area contributed by atoms with Crippen LogP contribution in [0.4, 0.5) is 0 Å². The molecule has 6 rings (SSSR count). The second-order valence-electron chi connectivity index (χ2n) is 11.1. The fraction of sp³-hybridized carbons (Fsp3) is 0.278. The number of hydrogen-bond donors (Lipinski definition) is 0. The van der Waals surface area contributed by atoms with Crippen molar-refractivity contribution in [2.75, 3.05) is 39.3 Å². The summed E-state index contributed by atoms with van der Waals surface area (Å²) in [7, 11) is 0. The molecule has 2 aliphatic rings. The van der Waals surface area contributed by atoms with E-state index in [1.807, 2.05) is 52.3 Å². The molecule has 2 fully saturated rings. The Morgan fingerprint density at radius 3 is 1.56 bits per heavy atom. The van der Waals surface area contributed by atoms with Gasteiger partial charge in [0, 0.05) is 50.7 Å². The van der Waals surface area contributed by atoms with Crippen molar-refractivity contribution in [3.63, 3.8) is 0 Å². The van der Waals surface area contributed by atoms with Crippen molar-refractivity contribution in [3.05, 3.63) is 132 Å². The number of hydrogen-bond acceptors (Lipinski definition) is 3. The van der Waals surface area contributed by atoms with Crippen LogP contribution in [0.1, 0.15) is 40.4 Å². The quantitative estimate of drug-likeness (QED) is 0.294. The molecular weight excluding hydrogens is 506 g/mol. The lowest BCUT2D eigenvalue weighted by Gasteiger charge is -2.41. The first kappa shape index (κ1) is 27.0. The van der Waals surface area contributed by atoms with Gasteiger partial charge in [-0.1, -0.05) is 103 Å². The number of nitrogens with zero attached hydrogens (tertiary/aromatic N) is 3. The van der Waals surface area contributed by atoms with E-state index in [0.717, 1.165) is 50.1 Å². The van der Waals surface area contributed by atoms with Gasteiger partial charge in [0.25, 0.3) is 5.91 Å². The molecule has 0 bridgehead atoms. The normalized spacial score (nSPS) is 16.6. The maximum Gasteiger partial charge on any atom is 0.253 e. The van der Waals surface area contributed by atoms with Crippen molar-refractivity contribution in [1.29, 1.82) is 0 Å². The predicted molar refractivity (Wildman–Crippen MR) is 163 cm³/mol. The molecule has 0 saturated carbocycles. The monoisotopic (exact) mass is 543 g/mol. The van der Waals surface area contributed by atoms with Gasteiger partial charge in [0.1, 0.15) is 0 Å². The van der Waals surface area contributed by atoms with E-state index in [1.54, 1.807) is 0 Å². The first-order chi connectivity index (χ1) is 20.2. The highest BCUT2D eigenvalue weighted by atomic mass is 16.2. The topological polar surface area (TPSA) is 43.9 Å². The molecule has 41 heavy (non-hydrogen) atoms. The van der Waals surface area contributed by atoms with Gasteiger partial charge in [0.2, 0.25) is 5.91 Å². The van der Waals surface area contributed by atoms with Crippen molar-refractivity contribution in [2.24, 2.45) is 5.92 Å². The summed E-state index contributed by atoms with van der Waals surface area (Å²) in [6, 6.07) is 39.5. The van der Waals surface area contributed by atoms with Crippen molar-refractivity contribution in [2.45, 2.75) is 18.9 Å². The lowest BCUT2D eigenvalue weighted by Crippen LogP contribution is -2.52. The molecule has 4 aromatic carbocycles. The second-order valence-corrected chi connectivity index (χ2v) is 11.1. The molecular formula is C36H37N3O2. The highest BCUT2D eigenvalue weighted by molar-refractivity contribution is 5.95. The van der Waals surface area contributed by atoms with Gasteiger partial charge in [-0.2, -0.15) is 0 Å². The molecule has 5 nitrogen and oxygen atoms in total. The highest BCUT2D eigenvalue weighted by Crippen LogP contribution is 2.30. The number of likely N-dealkylation sites (tertiary alicyclic amines) is 1. The Balaban J connectivity index is 1.03. The van der Waals surface area contributed by atoms with Gasteiger partial charge in [0.15, 0.2) is 0 Å². The van der Waals surface area contributed by atoms with Crippen LogP contribution in [0.25, 0.3) is 11.1 Å². The van der Waals surface area contributed by atoms with Gasteiger partial charge in [-0.15, -0.1) is 0 Å². The molecule has 0 radical (unpaired) electrons. The number of amides is 2. The molecule has 0 spiro atoms. The Morgan fingerprint density at radius 1 is 0.537 bits per heavy atom. The summed E-state index contributed by atoms with van der Waals surface area (Å²) in [5.74, 6) is 0.294. The maximum absolute atomic E-state index is 13.5. The number of benzene rings is 4. The molecule has 0 atom stereocenters. The van der Waals surface area contributed by atoms with E-state index < -0.39 is 0 Å². The van der Waals surface area contributed by atoms with E-state index >= 15 is 0 Å². The third-order valence-corrected chi connectivity index (χ3v) is 8.59. The van der Waals surface area contributed by atoms with Gasteiger partial charge in [-0.3, -0.25) is 14.5 Å². The highest BCUT2D eigenvalue weighted by Gasteiger charge is 2.33. The minimum Gasteiger partial charge on any atom is -0.340 e. The fourth-order valence-electron chi connectivity index (χ4n) is 6.29. The first-order valence-electron chi connectivity index (χ1n) is 14.7. The zero-order chi connectivity index (χ0) is 28.0. The molecule has 2 heterocycles. The van der Waals surface area contributed by atoms with Crippen LogP contribution in [0, 0.1) is 5.92 Å². The largest absolute Gasteiger partial charge is 0.340 e. The summed E-state index contributed by atoms with van der Waals surface area (Å²) in [5, 5.41) is 0. The second kappa shape index (κ2) is 12.5. The summed E-state index contributed by atoms with van der Waals surface area (Å²) < 4.78 is 0. The van der Waals surface area contributed by atoms with Crippen LogP contribution in [-0.4, -0.2) is 65.8 Å². The molecule has 0 aromatic heterocycles. The van der Waals surface area contributed by atoms with Crippen molar-refractivity contribution >= 4 is 11.8 Å². The average Bonchev–Trinajstić information content (AvgIpc) is 3.06. The number of piperidine rings is 1. The van der Waals surface area contributed by atoms with Crippen LogP contribution < -0.4 is 0 Å². The van der Waals surface area contributed by atoms with Crippen LogP contribution in [-0.2, 0) is 4.79 Å². The summed E-state index contributed by atoms with van der Waals surface area (Å²) in [4.78, 5) is 33.1. The molecule has 5 heteroatoms. The summed E-state index contributed by atoms with van der Waals surface area (Å²) in [5.41, 5.74) is 5.51. The zero-order valence-corrected chi connectivity index (χ0v) is 23.4. The van der Waals surface area contributed by atoms with Crippen LogP contribution in [0.15, 0.2) is 115 Å². The molecule has 4 aromatic rings. The Morgan fingerprint density at radius 2 is 1.02 bits per heavy atom. The smallest absolute Gasteiger partial charge is 0.253 e. The van der Waals surface area contributed by atoms with Gasteiger partial charge < -0.3 is 9.80 Å². The number of rotatable bonds is 6. The van der Waals surface area contributed by atoms with E-state index in [1.165, 1.54) is 11.1 Å². The van der Waals surface area contributed by atoms with Crippen LogP contribution in [0.5, 0.6) is 0 Å². The van der Waals surface area contributed by atoms with Gasteiger partial charge in [-0.05, 0) is 47.2 Å². The van der Waals surface area contributed by atoms with E-state index in [0.29, 0.717) is 18.7 Å². The van der Waals surface area contributed by atoms with E-state index in [9.17, 15) is 9.59 Å². The Kier molecular flexibility index (Phi) is 8.24. The molecule has 2 saturated heterocycles. The molecule has 2 amide bonds. The fourth-order valence-corrected chi connectivity index (χ4v) is 6.29. The minimum absolute atomic E-state index is 0.00917. The van der Waals surface area contributed by atoms with Crippen molar-refractivity contribution in [1.82, 2.24) is 14.7 Å². The van der Waals surface area contributed by atoms with Gasteiger partial charge in [-0.25, -0.2) is 0 Å². The summed E-state index contributed by atoms with van der Waals surface area (Å²) in [6.07, 6.45) is 1.45. The van der Waals surface area contributed by atoms with Gasteiger partial charge in [0.05, 0.1) is 6.04 Å². The maximum atomic E-state index is 13.5. The average molecular weight is 544 g/mol. The predicted octanol–water partition coefficient (Wildman–Crippen LogP) is 6.14. The molecule has 2 aliphatic heterocycles. The number of carbonyl (C=O) groups is 2. The molecule has 0 unspecified atom stereocenters. The van der Waals surface area contributed by atoms with Crippen LogP contribution in [0.3, 0.4) is 0 Å². The van der Waals surface area contributed by atoms with Crippen molar-refractivity contribution in [3.8, 4) is 11.1 Å². The third kappa shape index (κ3) is 6.10. The molecule has 0 aliphatic carbocycles. The number of piperazine rings is 1. The van der Waals surface area contributed by atoms with Crippen molar-refractivity contribution < 1.29 is 9.59 Å². The van der Waals surface area contributed by atoms with Gasteiger partial charge >= 0.3 is 0 Å². The summed E-state index contributed by atoms with van der Waals surface area (Å²) >= 11 is 0. The van der Waals surface area contributed by atoms with Crippen LogP contribution >= 0.6 is 0 Å². The van der Waals surface area contributed by atoms with E-state index in [2.05, 4.69) is 77.7 Å². The zero-order valence-electron chi connectivity index (χ0n) is 23.4. The van der Waals surface area contributed by atoms with E-state index in [4.69, 9.17) is 0 Å². The first-order valence-corrected chi connectivity index (χ1v) is 14.7. The Labute approximate surface area is 243 Å².